The topological polar surface area (TPSA) is 46.5 Å². The molecular weight excluding hydrogens is 216 g/mol. The molecule has 2 aromatic carbocycles. The second kappa shape index (κ2) is 4.97. The Balaban J connectivity index is 2.58. The maximum atomic E-state index is 10.6. The van der Waals surface area contributed by atoms with Gasteiger partial charge in [-0.2, -0.15) is 0 Å². The molecule has 0 heterocycles. The summed E-state index contributed by atoms with van der Waals surface area (Å²) in [6.07, 6.45) is -0.176. The van der Waals surface area contributed by atoms with Gasteiger partial charge in [-0.3, -0.25) is 0 Å². The van der Waals surface area contributed by atoms with Gasteiger partial charge in [0, 0.05) is 12.0 Å². The zero-order valence-corrected chi connectivity index (χ0v) is 9.59. The summed E-state index contributed by atoms with van der Waals surface area (Å²) < 4.78 is 5.27. The van der Waals surface area contributed by atoms with E-state index in [-0.39, 0.29) is 6.42 Å². The molecule has 0 saturated heterocycles. The van der Waals surface area contributed by atoms with E-state index < -0.39 is 6.10 Å². The third-order valence-corrected chi connectivity index (χ3v) is 2.79. The Hall–Kier alpha value is -1.87. The molecular formula is C14H14O3. The molecule has 0 saturated carbocycles. The highest BCUT2D eigenvalue weighted by Crippen LogP contribution is 2.28. The minimum Gasteiger partial charge on any atom is -0.496 e. The fourth-order valence-corrected chi connectivity index (χ4v) is 1.97. The second-order valence-corrected chi connectivity index (χ2v) is 3.88. The number of rotatable bonds is 4. The van der Waals surface area contributed by atoms with Crippen LogP contribution in [0.3, 0.4) is 0 Å². The fourth-order valence-electron chi connectivity index (χ4n) is 1.97. The van der Waals surface area contributed by atoms with Crippen LogP contribution in [0.5, 0.6) is 5.75 Å². The molecule has 0 radical (unpaired) electrons. The van der Waals surface area contributed by atoms with Gasteiger partial charge in [0.1, 0.15) is 18.1 Å². The molecule has 0 bridgehead atoms. The average Bonchev–Trinajstić information content (AvgIpc) is 2.39. The Morgan fingerprint density at radius 1 is 1.29 bits per heavy atom. The molecule has 0 aliphatic rings. The number of aliphatic hydroxyl groups is 1. The highest BCUT2D eigenvalue weighted by atomic mass is 16.5. The third kappa shape index (κ3) is 2.29. The number of benzene rings is 2. The molecule has 0 amide bonds. The number of aldehydes is 1. The molecule has 2 rings (SSSR count). The maximum Gasteiger partial charge on any atom is 0.148 e. The Kier molecular flexibility index (Phi) is 3.40. The van der Waals surface area contributed by atoms with Crippen molar-refractivity contribution in [3.8, 4) is 5.75 Å². The summed E-state index contributed by atoms with van der Waals surface area (Å²) in [7, 11) is 1.58. The summed E-state index contributed by atoms with van der Waals surface area (Å²) in [5.74, 6) is 0.699. The van der Waals surface area contributed by atoms with Crippen molar-refractivity contribution in [3.63, 3.8) is 0 Å². The van der Waals surface area contributed by atoms with Crippen molar-refractivity contribution in [2.45, 2.75) is 12.5 Å². The maximum absolute atomic E-state index is 10.6. The molecule has 1 unspecified atom stereocenters. The Labute approximate surface area is 99.6 Å². The third-order valence-electron chi connectivity index (χ3n) is 2.79. The summed E-state index contributed by atoms with van der Waals surface area (Å²) >= 11 is 0. The molecule has 0 spiro atoms. The molecule has 1 N–H and O–H groups in total. The smallest absolute Gasteiger partial charge is 0.148 e. The lowest BCUT2D eigenvalue weighted by Gasteiger charge is -2.12. The van der Waals surface area contributed by atoms with Crippen LogP contribution >= 0.6 is 0 Å². The van der Waals surface area contributed by atoms with Gasteiger partial charge < -0.3 is 14.6 Å². The number of aliphatic hydroxyl groups excluding tert-OH is 1. The monoisotopic (exact) mass is 230 g/mol. The van der Waals surface area contributed by atoms with Gasteiger partial charge in [-0.15, -0.1) is 0 Å². The lowest BCUT2D eigenvalue weighted by atomic mass is 9.99. The number of fused-ring (bicyclic) bond motifs is 1. The number of hydrogen-bond donors (Lipinski definition) is 1. The van der Waals surface area contributed by atoms with Gasteiger partial charge in [0.15, 0.2) is 0 Å². The first-order valence-electron chi connectivity index (χ1n) is 5.44. The van der Waals surface area contributed by atoms with E-state index in [1.54, 1.807) is 7.11 Å². The number of carbonyl (C=O) groups is 1. The van der Waals surface area contributed by atoms with Crippen LogP contribution in [0.4, 0.5) is 0 Å². The van der Waals surface area contributed by atoms with Crippen LogP contribution in [0.15, 0.2) is 36.4 Å². The zero-order chi connectivity index (χ0) is 12.3. The molecule has 0 aromatic heterocycles. The molecule has 1 atom stereocenters. The van der Waals surface area contributed by atoms with E-state index >= 15 is 0 Å². The Morgan fingerprint density at radius 3 is 2.76 bits per heavy atom. The molecule has 0 fully saturated rings. The van der Waals surface area contributed by atoms with Crippen LogP contribution < -0.4 is 4.74 Å². The van der Waals surface area contributed by atoms with Crippen LogP contribution in [-0.2, 0) is 11.2 Å². The van der Waals surface area contributed by atoms with Crippen molar-refractivity contribution in [2.75, 3.05) is 7.11 Å². The van der Waals surface area contributed by atoms with Crippen molar-refractivity contribution < 1.29 is 14.6 Å². The zero-order valence-electron chi connectivity index (χ0n) is 9.59. The van der Waals surface area contributed by atoms with Gasteiger partial charge in [-0.1, -0.05) is 30.3 Å². The van der Waals surface area contributed by atoms with E-state index in [1.807, 2.05) is 36.4 Å². The Bertz CT molecular complexity index is 534. The van der Waals surface area contributed by atoms with E-state index in [0.29, 0.717) is 12.0 Å². The van der Waals surface area contributed by atoms with E-state index in [9.17, 15) is 9.90 Å². The highest BCUT2D eigenvalue weighted by molar-refractivity contribution is 5.88. The first-order chi connectivity index (χ1) is 8.26. The summed E-state index contributed by atoms with van der Waals surface area (Å²) in [5.41, 5.74) is 0.866. The standard InChI is InChI=1S/C14H14O3/c1-17-14-7-6-10-4-2-3-5-12(10)13(14)8-11(16)9-15/h2-7,9,11,16H,8H2,1H3. The van der Waals surface area contributed by atoms with Gasteiger partial charge in [0.2, 0.25) is 0 Å². The van der Waals surface area contributed by atoms with E-state index in [4.69, 9.17) is 4.74 Å². The second-order valence-electron chi connectivity index (χ2n) is 3.88. The minimum absolute atomic E-state index is 0.272. The molecule has 3 nitrogen and oxygen atoms in total. The predicted molar refractivity (Wildman–Crippen MR) is 66.3 cm³/mol. The quantitative estimate of drug-likeness (QED) is 0.816. The highest BCUT2D eigenvalue weighted by Gasteiger charge is 2.12. The molecule has 2 aromatic rings. The number of carbonyl (C=O) groups excluding carboxylic acids is 1. The normalized spacial score (nSPS) is 12.4. The Morgan fingerprint density at radius 2 is 2.06 bits per heavy atom. The number of hydrogen-bond acceptors (Lipinski definition) is 3. The van der Waals surface area contributed by atoms with Gasteiger partial charge in [0.05, 0.1) is 7.11 Å². The lowest BCUT2D eigenvalue weighted by Crippen LogP contribution is -2.12. The van der Waals surface area contributed by atoms with Gasteiger partial charge in [0.25, 0.3) is 0 Å². The summed E-state index contributed by atoms with van der Waals surface area (Å²) in [4.78, 5) is 10.6. The predicted octanol–water partition coefficient (Wildman–Crippen LogP) is 1.95. The first-order valence-corrected chi connectivity index (χ1v) is 5.44. The van der Waals surface area contributed by atoms with Gasteiger partial charge in [-0.25, -0.2) is 0 Å². The van der Waals surface area contributed by atoms with Crippen LogP contribution in [-0.4, -0.2) is 24.6 Å². The average molecular weight is 230 g/mol. The number of ether oxygens (including phenoxy) is 1. The molecule has 3 heteroatoms. The van der Waals surface area contributed by atoms with Crippen molar-refractivity contribution in [1.29, 1.82) is 0 Å². The van der Waals surface area contributed by atoms with E-state index in [2.05, 4.69) is 0 Å². The largest absolute Gasteiger partial charge is 0.496 e. The van der Waals surface area contributed by atoms with E-state index in [1.165, 1.54) is 0 Å². The number of methoxy groups -OCH3 is 1. The molecule has 88 valence electrons. The van der Waals surface area contributed by atoms with Crippen molar-refractivity contribution in [2.24, 2.45) is 0 Å². The van der Waals surface area contributed by atoms with Crippen LogP contribution in [0.2, 0.25) is 0 Å². The first kappa shape index (κ1) is 11.6. The van der Waals surface area contributed by atoms with Crippen LogP contribution in [0, 0.1) is 0 Å². The van der Waals surface area contributed by atoms with Crippen LogP contribution in [0.25, 0.3) is 10.8 Å². The van der Waals surface area contributed by atoms with Crippen molar-refractivity contribution >= 4 is 17.1 Å². The summed E-state index contributed by atoms with van der Waals surface area (Å²) in [5, 5.41) is 11.5. The van der Waals surface area contributed by atoms with Crippen molar-refractivity contribution in [1.82, 2.24) is 0 Å². The SMILES string of the molecule is COc1ccc2ccccc2c1CC(O)C=O. The van der Waals surface area contributed by atoms with Crippen LogP contribution in [0.1, 0.15) is 5.56 Å². The summed E-state index contributed by atoms with van der Waals surface area (Å²) in [6, 6.07) is 11.7. The molecule has 0 aliphatic carbocycles. The van der Waals surface area contributed by atoms with Gasteiger partial charge in [-0.05, 0) is 16.8 Å². The summed E-state index contributed by atoms with van der Waals surface area (Å²) in [6.45, 7) is 0. The van der Waals surface area contributed by atoms with E-state index in [0.717, 1.165) is 16.3 Å². The van der Waals surface area contributed by atoms with Crippen molar-refractivity contribution in [3.05, 3.63) is 42.0 Å². The fraction of sp³-hybridized carbons (Fsp3) is 0.214. The molecule has 17 heavy (non-hydrogen) atoms. The minimum atomic E-state index is -0.991. The molecule has 0 aliphatic heterocycles. The lowest BCUT2D eigenvalue weighted by molar-refractivity contribution is -0.114. The van der Waals surface area contributed by atoms with Gasteiger partial charge >= 0.3 is 0 Å².